The van der Waals surface area contributed by atoms with Crippen molar-refractivity contribution in [1.29, 1.82) is 0 Å². The largest absolute Gasteiger partial charge is 0.147 e. The van der Waals surface area contributed by atoms with Crippen molar-refractivity contribution in [2.45, 2.75) is 39.5 Å². The fourth-order valence-corrected chi connectivity index (χ4v) is 0.679. The van der Waals surface area contributed by atoms with Gasteiger partial charge in [-0.15, -0.1) is 12.4 Å². The van der Waals surface area contributed by atoms with Gasteiger partial charge in [0.05, 0.1) is 0 Å². The Morgan fingerprint density at radius 1 is 1.22 bits per heavy atom. The zero-order chi connectivity index (χ0) is 6.24. The van der Waals surface area contributed by atoms with Gasteiger partial charge in [-0.1, -0.05) is 31.9 Å². The minimum atomic E-state index is 0. The quantitative estimate of drug-likeness (QED) is 0.423. The van der Waals surface area contributed by atoms with Gasteiger partial charge in [-0.2, -0.15) is 0 Å². The molecule has 0 aliphatic heterocycles. The molecule has 0 fully saturated rings. The van der Waals surface area contributed by atoms with Crippen LogP contribution < -0.4 is 0 Å². The summed E-state index contributed by atoms with van der Waals surface area (Å²) >= 11 is 0. The fraction of sp³-hybridized carbons (Fsp3) is 0.750. The summed E-state index contributed by atoms with van der Waals surface area (Å²) in [5.41, 5.74) is 0. The first-order valence-electron chi connectivity index (χ1n) is 3.53. The Labute approximate surface area is 64.8 Å². The van der Waals surface area contributed by atoms with Gasteiger partial charge in [0.25, 0.3) is 0 Å². The van der Waals surface area contributed by atoms with Crippen LogP contribution in [0.5, 0.6) is 0 Å². The van der Waals surface area contributed by atoms with Crippen molar-refractivity contribution >= 4 is 12.4 Å². The Kier molecular flexibility index (Phi) is 14.3. The SMILES string of the molecule is C/C=C/CCCCC.Cl. The van der Waals surface area contributed by atoms with E-state index in [-0.39, 0.29) is 12.4 Å². The summed E-state index contributed by atoms with van der Waals surface area (Å²) in [7, 11) is 0. The normalized spacial score (nSPS) is 9.56. The Bertz CT molecular complexity index is 57.6. The van der Waals surface area contributed by atoms with Crippen molar-refractivity contribution < 1.29 is 0 Å². The zero-order valence-electron chi connectivity index (χ0n) is 6.39. The predicted octanol–water partition coefficient (Wildman–Crippen LogP) is 3.56. The van der Waals surface area contributed by atoms with Crippen molar-refractivity contribution in [3.63, 3.8) is 0 Å². The van der Waals surface area contributed by atoms with Gasteiger partial charge in [-0.3, -0.25) is 0 Å². The van der Waals surface area contributed by atoms with Crippen LogP contribution in [0.2, 0.25) is 0 Å². The van der Waals surface area contributed by atoms with Gasteiger partial charge in [-0.25, -0.2) is 0 Å². The van der Waals surface area contributed by atoms with E-state index in [1.54, 1.807) is 0 Å². The van der Waals surface area contributed by atoms with Crippen LogP contribution in [0.1, 0.15) is 39.5 Å². The van der Waals surface area contributed by atoms with Crippen molar-refractivity contribution in [3.05, 3.63) is 12.2 Å². The molecule has 0 N–H and O–H groups in total. The first-order valence-corrected chi connectivity index (χ1v) is 3.53. The van der Waals surface area contributed by atoms with Gasteiger partial charge >= 0.3 is 0 Å². The van der Waals surface area contributed by atoms with Gasteiger partial charge in [-0.05, 0) is 19.8 Å². The van der Waals surface area contributed by atoms with Gasteiger partial charge in [0.1, 0.15) is 0 Å². The molecule has 0 aromatic rings. The van der Waals surface area contributed by atoms with Crippen LogP contribution in [0.25, 0.3) is 0 Å². The molecule has 0 nitrogen and oxygen atoms in total. The molecule has 0 radical (unpaired) electrons. The minimum absolute atomic E-state index is 0. The third-order valence-electron chi connectivity index (χ3n) is 1.21. The summed E-state index contributed by atoms with van der Waals surface area (Å²) in [5, 5.41) is 0. The second-order valence-electron chi connectivity index (χ2n) is 2.06. The first kappa shape index (κ1) is 11.8. The van der Waals surface area contributed by atoms with Crippen LogP contribution in [-0.2, 0) is 0 Å². The summed E-state index contributed by atoms with van der Waals surface area (Å²) in [5.74, 6) is 0. The minimum Gasteiger partial charge on any atom is -0.147 e. The van der Waals surface area contributed by atoms with Crippen LogP contribution in [0.3, 0.4) is 0 Å². The molecule has 0 saturated carbocycles. The molecule has 0 atom stereocenters. The van der Waals surface area contributed by atoms with Gasteiger partial charge < -0.3 is 0 Å². The lowest BCUT2D eigenvalue weighted by atomic mass is 10.2. The summed E-state index contributed by atoms with van der Waals surface area (Å²) < 4.78 is 0. The molecule has 0 aromatic heterocycles. The number of hydrogen-bond donors (Lipinski definition) is 0. The molecule has 0 amide bonds. The molecule has 9 heavy (non-hydrogen) atoms. The Morgan fingerprint density at radius 3 is 2.33 bits per heavy atom. The van der Waals surface area contributed by atoms with Crippen molar-refractivity contribution in [3.8, 4) is 0 Å². The van der Waals surface area contributed by atoms with Crippen LogP contribution in [-0.4, -0.2) is 0 Å². The van der Waals surface area contributed by atoms with E-state index in [9.17, 15) is 0 Å². The van der Waals surface area contributed by atoms with E-state index in [1.807, 2.05) is 0 Å². The second-order valence-corrected chi connectivity index (χ2v) is 2.06. The molecule has 1 heteroatoms. The van der Waals surface area contributed by atoms with E-state index in [0.29, 0.717) is 0 Å². The van der Waals surface area contributed by atoms with Gasteiger partial charge in [0, 0.05) is 0 Å². The average molecular weight is 149 g/mol. The van der Waals surface area contributed by atoms with Crippen molar-refractivity contribution in [2.24, 2.45) is 0 Å². The van der Waals surface area contributed by atoms with E-state index >= 15 is 0 Å². The Morgan fingerprint density at radius 2 is 1.89 bits per heavy atom. The van der Waals surface area contributed by atoms with E-state index in [4.69, 9.17) is 0 Å². The van der Waals surface area contributed by atoms with E-state index < -0.39 is 0 Å². The molecular formula is C8H17Cl. The van der Waals surface area contributed by atoms with Crippen molar-refractivity contribution in [1.82, 2.24) is 0 Å². The van der Waals surface area contributed by atoms with Crippen molar-refractivity contribution in [2.75, 3.05) is 0 Å². The summed E-state index contributed by atoms with van der Waals surface area (Å²) in [6, 6.07) is 0. The van der Waals surface area contributed by atoms with E-state index in [0.717, 1.165) is 0 Å². The van der Waals surface area contributed by atoms with Crippen LogP contribution >= 0.6 is 12.4 Å². The maximum atomic E-state index is 2.23. The van der Waals surface area contributed by atoms with Crippen LogP contribution in [0.15, 0.2) is 12.2 Å². The average Bonchev–Trinajstić information content (AvgIpc) is 1.81. The van der Waals surface area contributed by atoms with E-state index in [2.05, 4.69) is 26.0 Å². The number of allylic oxidation sites excluding steroid dienone is 2. The molecule has 0 aromatic carbocycles. The fourth-order valence-electron chi connectivity index (χ4n) is 0.679. The molecule has 0 spiro atoms. The topological polar surface area (TPSA) is 0 Å². The lowest BCUT2D eigenvalue weighted by molar-refractivity contribution is 0.729. The molecule has 0 bridgehead atoms. The smallest absolute Gasteiger partial charge is 0.0351 e. The maximum absolute atomic E-state index is 2.23. The maximum Gasteiger partial charge on any atom is -0.0351 e. The summed E-state index contributed by atoms with van der Waals surface area (Å²) in [6.45, 7) is 4.31. The molecule has 56 valence electrons. The highest BCUT2D eigenvalue weighted by Crippen LogP contribution is 1.98. The lowest BCUT2D eigenvalue weighted by Crippen LogP contribution is -1.68. The molecule has 0 aliphatic rings. The first-order chi connectivity index (χ1) is 3.91. The van der Waals surface area contributed by atoms with Gasteiger partial charge in [0.2, 0.25) is 0 Å². The predicted molar refractivity (Wildman–Crippen MR) is 46.2 cm³/mol. The summed E-state index contributed by atoms with van der Waals surface area (Å²) in [6.07, 6.45) is 9.69. The standard InChI is InChI=1S/C8H16.ClH/c1-3-5-7-8-6-4-2;/h3,5H,4,6-8H2,1-2H3;1H/b5-3+;. The van der Waals surface area contributed by atoms with E-state index in [1.165, 1.54) is 25.7 Å². The molecule has 0 aliphatic carbocycles. The number of unbranched alkanes of at least 4 members (excludes halogenated alkanes) is 3. The third-order valence-corrected chi connectivity index (χ3v) is 1.21. The Balaban J connectivity index is 0. The second kappa shape index (κ2) is 10.9. The summed E-state index contributed by atoms with van der Waals surface area (Å²) in [4.78, 5) is 0. The molecule has 0 rings (SSSR count). The monoisotopic (exact) mass is 148 g/mol. The molecule has 0 heterocycles. The molecule has 0 saturated heterocycles. The highest BCUT2D eigenvalue weighted by atomic mass is 35.5. The number of halogens is 1. The van der Waals surface area contributed by atoms with Gasteiger partial charge in [0.15, 0.2) is 0 Å². The zero-order valence-corrected chi connectivity index (χ0v) is 7.21. The highest BCUT2D eigenvalue weighted by Gasteiger charge is 1.78. The number of hydrogen-bond acceptors (Lipinski definition) is 0. The highest BCUT2D eigenvalue weighted by molar-refractivity contribution is 5.85. The lowest BCUT2D eigenvalue weighted by Gasteiger charge is -1.88. The third kappa shape index (κ3) is 11.5. The molecular weight excluding hydrogens is 132 g/mol. The van der Waals surface area contributed by atoms with Crippen LogP contribution in [0, 0.1) is 0 Å². The van der Waals surface area contributed by atoms with Crippen LogP contribution in [0.4, 0.5) is 0 Å². The Hall–Kier alpha value is 0.0300. The number of rotatable bonds is 4. The molecule has 0 unspecified atom stereocenters.